The zero-order valence-corrected chi connectivity index (χ0v) is 17.5. The Hall–Kier alpha value is -2.48. The van der Waals surface area contributed by atoms with Crippen molar-refractivity contribution in [3.05, 3.63) is 71.0 Å². The van der Waals surface area contributed by atoms with Gasteiger partial charge in [0.2, 0.25) is 0 Å². The normalized spacial score (nSPS) is 14.1. The molecule has 3 heterocycles. The molecule has 0 aliphatic carbocycles. The van der Waals surface area contributed by atoms with Crippen molar-refractivity contribution in [2.24, 2.45) is 0 Å². The molecule has 1 fully saturated rings. The minimum Gasteiger partial charge on any atom is -0.489 e. The molecule has 152 valence electrons. The SMILES string of the molecule is Cl.O=C(Nc1ncc(C2CCNCC2)s1)c1cccc(OCc2cccnc2)c1. The van der Waals surface area contributed by atoms with Crippen molar-refractivity contribution < 1.29 is 9.53 Å². The van der Waals surface area contributed by atoms with Crippen molar-refractivity contribution in [3.8, 4) is 5.75 Å². The minimum atomic E-state index is -0.182. The Morgan fingerprint density at radius 2 is 2.07 bits per heavy atom. The second kappa shape index (κ2) is 10.3. The van der Waals surface area contributed by atoms with Crippen LogP contribution in [0.2, 0.25) is 0 Å². The van der Waals surface area contributed by atoms with E-state index in [0.29, 0.717) is 29.0 Å². The molecule has 2 aromatic heterocycles. The number of halogens is 1. The number of nitrogens with one attached hydrogen (secondary N) is 2. The van der Waals surface area contributed by atoms with E-state index in [2.05, 4.69) is 20.6 Å². The molecular weight excluding hydrogens is 408 g/mol. The number of thiazole rings is 1. The second-order valence-electron chi connectivity index (χ2n) is 6.72. The lowest BCUT2D eigenvalue weighted by Crippen LogP contribution is -2.26. The molecule has 0 spiro atoms. The zero-order chi connectivity index (χ0) is 19.2. The third-order valence-electron chi connectivity index (χ3n) is 4.71. The monoisotopic (exact) mass is 430 g/mol. The summed E-state index contributed by atoms with van der Waals surface area (Å²) in [6, 6.07) is 11.0. The maximum absolute atomic E-state index is 12.6. The van der Waals surface area contributed by atoms with Crippen LogP contribution in [0, 0.1) is 0 Å². The lowest BCUT2D eigenvalue weighted by Gasteiger charge is -2.20. The van der Waals surface area contributed by atoms with Gasteiger partial charge < -0.3 is 10.1 Å². The average molecular weight is 431 g/mol. The smallest absolute Gasteiger partial charge is 0.257 e. The highest BCUT2D eigenvalue weighted by Gasteiger charge is 2.18. The summed E-state index contributed by atoms with van der Waals surface area (Å²) in [4.78, 5) is 22.3. The van der Waals surface area contributed by atoms with Crippen molar-refractivity contribution in [2.75, 3.05) is 18.4 Å². The van der Waals surface area contributed by atoms with Crippen LogP contribution in [0.25, 0.3) is 0 Å². The van der Waals surface area contributed by atoms with E-state index < -0.39 is 0 Å². The molecule has 1 saturated heterocycles. The molecular formula is C21H23ClN4O2S. The molecule has 0 unspecified atom stereocenters. The Bertz CT molecular complexity index is 929. The van der Waals surface area contributed by atoms with E-state index in [1.807, 2.05) is 30.5 Å². The largest absolute Gasteiger partial charge is 0.489 e. The Morgan fingerprint density at radius 1 is 1.21 bits per heavy atom. The summed E-state index contributed by atoms with van der Waals surface area (Å²) < 4.78 is 5.78. The molecule has 1 amide bonds. The van der Waals surface area contributed by atoms with E-state index in [4.69, 9.17) is 4.74 Å². The summed E-state index contributed by atoms with van der Waals surface area (Å²) in [7, 11) is 0. The van der Waals surface area contributed by atoms with Gasteiger partial charge in [-0.3, -0.25) is 15.1 Å². The van der Waals surface area contributed by atoms with Crippen molar-refractivity contribution in [1.29, 1.82) is 0 Å². The first kappa shape index (κ1) is 21.2. The van der Waals surface area contributed by atoms with Gasteiger partial charge in [0.15, 0.2) is 5.13 Å². The van der Waals surface area contributed by atoms with Crippen LogP contribution in [-0.2, 0) is 6.61 Å². The van der Waals surface area contributed by atoms with Crippen LogP contribution in [0.4, 0.5) is 5.13 Å². The van der Waals surface area contributed by atoms with Crippen LogP contribution in [0.3, 0.4) is 0 Å². The fourth-order valence-corrected chi connectivity index (χ4v) is 4.17. The molecule has 29 heavy (non-hydrogen) atoms. The summed E-state index contributed by atoms with van der Waals surface area (Å²) in [5, 5.41) is 6.92. The predicted molar refractivity (Wildman–Crippen MR) is 117 cm³/mol. The maximum atomic E-state index is 12.6. The summed E-state index contributed by atoms with van der Waals surface area (Å²) in [6.45, 7) is 2.48. The van der Waals surface area contributed by atoms with E-state index in [1.165, 1.54) is 4.88 Å². The number of aromatic nitrogens is 2. The van der Waals surface area contributed by atoms with Crippen molar-refractivity contribution >= 4 is 34.8 Å². The van der Waals surface area contributed by atoms with Gasteiger partial charge >= 0.3 is 0 Å². The Morgan fingerprint density at radius 3 is 2.86 bits per heavy atom. The number of rotatable bonds is 6. The van der Waals surface area contributed by atoms with Crippen molar-refractivity contribution in [1.82, 2.24) is 15.3 Å². The molecule has 6 nitrogen and oxygen atoms in total. The van der Waals surface area contributed by atoms with E-state index in [1.54, 1.807) is 35.9 Å². The molecule has 0 radical (unpaired) electrons. The van der Waals surface area contributed by atoms with Gasteiger partial charge in [0.05, 0.1) is 0 Å². The number of carbonyl (C=O) groups excluding carboxylic acids is 1. The summed E-state index contributed by atoms with van der Waals surface area (Å²) in [5.41, 5.74) is 1.52. The van der Waals surface area contributed by atoms with Gasteiger partial charge in [-0.2, -0.15) is 0 Å². The second-order valence-corrected chi connectivity index (χ2v) is 7.79. The molecule has 0 atom stereocenters. The first-order valence-corrected chi connectivity index (χ1v) is 10.2. The van der Waals surface area contributed by atoms with Crippen LogP contribution < -0.4 is 15.4 Å². The summed E-state index contributed by atoms with van der Waals surface area (Å²) in [5.74, 6) is 0.998. The quantitative estimate of drug-likeness (QED) is 0.611. The summed E-state index contributed by atoms with van der Waals surface area (Å²) >= 11 is 1.57. The number of carbonyl (C=O) groups is 1. The highest BCUT2D eigenvalue weighted by atomic mass is 35.5. The first-order chi connectivity index (χ1) is 13.8. The fourth-order valence-electron chi connectivity index (χ4n) is 3.19. The molecule has 0 saturated carbocycles. The Balaban J connectivity index is 0.00000240. The van der Waals surface area contributed by atoms with Gasteiger partial charge in [-0.25, -0.2) is 4.98 Å². The zero-order valence-electron chi connectivity index (χ0n) is 15.8. The van der Waals surface area contributed by atoms with Crippen LogP contribution in [-0.4, -0.2) is 29.0 Å². The van der Waals surface area contributed by atoms with Gasteiger partial charge in [-0.05, 0) is 56.1 Å². The van der Waals surface area contributed by atoms with E-state index >= 15 is 0 Å². The Labute approximate surface area is 180 Å². The fraction of sp³-hybridized carbons (Fsp3) is 0.286. The van der Waals surface area contributed by atoms with Gasteiger partial charge in [0.25, 0.3) is 5.91 Å². The number of pyridine rings is 1. The van der Waals surface area contributed by atoms with Crippen LogP contribution in [0.15, 0.2) is 55.0 Å². The van der Waals surface area contributed by atoms with Crippen LogP contribution in [0.5, 0.6) is 5.75 Å². The molecule has 4 rings (SSSR count). The number of amides is 1. The van der Waals surface area contributed by atoms with Gasteiger partial charge in [0, 0.05) is 34.6 Å². The van der Waals surface area contributed by atoms with E-state index in [-0.39, 0.29) is 18.3 Å². The Kier molecular flexibility index (Phi) is 7.57. The first-order valence-electron chi connectivity index (χ1n) is 9.37. The minimum absolute atomic E-state index is 0. The lowest BCUT2D eigenvalue weighted by molar-refractivity contribution is 0.102. The maximum Gasteiger partial charge on any atom is 0.257 e. The topological polar surface area (TPSA) is 76.1 Å². The summed E-state index contributed by atoms with van der Waals surface area (Å²) in [6.07, 6.45) is 7.62. The van der Waals surface area contributed by atoms with E-state index in [9.17, 15) is 4.79 Å². The number of anilines is 1. The predicted octanol–water partition coefficient (Wildman–Crippen LogP) is 4.26. The number of hydrogen-bond acceptors (Lipinski definition) is 6. The highest BCUT2D eigenvalue weighted by molar-refractivity contribution is 7.15. The van der Waals surface area contributed by atoms with E-state index in [0.717, 1.165) is 31.5 Å². The average Bonchev–Trinajstić information content (AvgIpc) is 3.22. The third kappa shape index (κ3) is 5.76. The van der Waals surface area contributed by atoms with Crippen LogP contribution >= 0.6 is 23.7 Å². The molecule has 3 aromatic rings. The van der Waals surface area contributed by atoms with Gasteiger partial charge in [-0.15, -0.1) is 23.7 Å². The molecule has 1 aliphatic heterocycles. The standard InChI is InChI=1S/C21H22N4O2S.ClH/c26-20(25-21-24-13-19(28-21)16-6-9-22-10-7-16)17-4-1-5-18(11-17)27-14-15-3-2-8-23-12-15;/h1-5,8,11-13,16,22H,6-7,9-10,14H2,(H,24,25,26);1H. The van der Waals surface area contributed by atoms with Crippen LogP contribution in [0.1, 0.15) is 39.6 Å². The molecule has 1 aliphatic rings. The third-order valence-corrected chi connectivity index (χ3v) is 5.79. The highest BCUT2D eigenvalue weighted by Crippen LogP contribution is 2.31. The van der Waals surface area contributed by atoms with Crippen molar-refractivity contribution in [2.45, 2.75) is 25.4 Å². The molecule has 1 aromatic carbocycles. The van der Waals surface area contributed by atoms with Gasteiger partial charge in [0.1, 0.15) is 12.4 Å². The molecule has 8 heteroatoms. The van der Waals surface area contributed by atoms with Gasteiger partial charge in [-0.1, -0.05) is 12.1 Å². The number of benzene rings is 1. The number of piperidine rings is 1. The number of nitrogens with zero attached hydrogens (tertiary/aromatic N) is 2. The molecule has 0 bridgehead atoms. The van der Waals surface area contributed by atoms with Crippen molar-refractivity contribution in [3.63, 3.8) is 0 Å². The molecule has 2 N–H and O–H groups in total. The number of hydrogen-bond donors (Lipinski definition) is 2. The lowest BCUT2D eigenvalue weighted by atomic mass is 9.97. The number of ether oxygens (including phenoxy) is 1.